The Bertz CT molecular complexity index is 471. The van der Waals surface area contributed by atoms with Crippen LogP contribution in [0.4, 0.5) is 19.0 Å². The molecule has 0 aliphatic carbocycles. The molecule has 4 nitrogen and oxygen atoms in total. The van der Waals surface area contributed by atoms with Gasteiger partial charge in [0, 0.05) is 25.3 Å². The van der Waals surface area contributed by atoms with Crippen molar-refractivity contribution in [3.63, 3.8) is 0 Å². The molecule has 1 aliphatic heterocycles. The molecule has 0 saturated carbocycles. The van der Waals surface area contributed by atoms with Gasteiger partial charge in [0.05, 0.1) is 6.10 Å². The fourth-order valence-electron chi connectivity index (χ4n) is 2.57. The number of aromatic nitrogens is 1. The monoisotopic (exact) mass is 304 g/mol. The Morgan fingerprint density at radius 1 is 1.33 bits per heavy atom. The Morgan fingerprint density at radius 3 is 2.52 bits per heavy atom. The van der Waals surface area contributed by atoms with Crippen LogP contribution in [0.25, 0.3) is 0 Å². The number of piperidine rings is 1. The van der Waals surface area contributed by atoms with Crippen LogP contribution in [0, 0.1) is 0 Å². The number of pyridine rings is 1. The molecular weight excluding hydrogens is 283 g/mol. The molecule has 0 bridgehead atoms. The average molecular weight is 304 g/mol. The van der Waals surface area contributed by atoms with Crippen molar-refractivity contribution >= 4 is 5.82 Å². The molecule has 0 amide bonds. The molecule has 7 heteroatoms. The zero-order valence-corrected chi connectivity index (χ0v) is 12.1. The van der Waals surface area contributed by atoms with E-state index in [4.69, 9.17) is 4.74 Å². The topological polar surface area (TPSA) is 53.0 Å². The summed E-state index contributed by atoms with van der Waals surface area (Å²) < 4.78 is 44.0. The number of rotatable bonds is 4. The Kier molecular flexibility index (Phi) is 5.05. The van der Waals surface area contributed by atoms with Gasteiger partial charge in [-0.25, -0.2) is 4.98 Å². The molecule has 0 unspecified atom stereocenters. The van der Waals surface area contributed by atoms with Gasteiger partial charge in [-0.3, -0.25) is 0 Å². The van der Waals surface area contributed by atoms with Crippen LogP contribution in [0.5, 0.6) is 0 Å². The zero-order valence-electron chi connectivity index (χ0n) is 12.1. The number of anilines is 1. The van der Waals surface area contributed by atoms with E-state index in [2.05, 4.69) is 10.7 Å². The fraction of sp³-hybridized carbons (Fsp3) is 0.643. The van der Waals surface area contributed by atoms with Gasteiger partial charge in [-0.2, -0.15) is 13.2 Å². The Hall–Kier alpha value is -1.34. The van der Waals surface area contributed by atoms with Gasteiger partial charge in [-0.1, -0.05) is 0 Å². The first kappa shape index (κ1) is 16.0. The Morgan fingerprint density at radius 2 is 2.00 bits per heavy atom. The maximum Gasteiger partial charge on any atom is 0.433 e. The lowest BCUT2D eigenvalue weighted by Crippen LogP contribution is -2.48. The van der Waals surface area contributed by atoms with Crippen molar-refractivity contribution in [2.45, 2.75) is 38.6 Å². The van der Waals surface area contributed by atoms with Gasteiger partial charge in [-0.15, -0.1) is 0 Å². The first-order valence-corrected chi connectivity index (χ1v) is 7.18. The average Bonchev–Trinajstić information content (AvgIpc) is 2.47. The van der Waals surface area contributed by atoms with Crippen molar-refractivity contribution in [3.8, 4) is 0 Å². The molecule has 3 N–H and O–H groups in total. The van der Waals surface area contributed by atoms with Crippen LogP contribution in [0.3, 0.4) is 0 Å². The predicted molar refractivity (Wildman–Crippen MR) is 72.7 cm³/mol. The maximum absolute atomic E-state index is 12.8. The molecule has 0 spiro atoms. The molecule has 118 valence electrons. The summed E-state index contributed by atoms with van der Waals surface area (Å²) in [5.74, 6) is 0.412. The molecule has 0 atom stereocenters. The molecule has 1 saturated heterocycles. The van der Waals surface area contributed by atoms with Crippen molar-refractivity contribution in [3.05, 3.63) is 23.4 Å². The van der Waals surface area contributed by atoms with Crippen molar-refractivity contribution in [1.29, 1.82) is 0 Å². The van der Waals surface area contributed by atoms with E-state index in [9.17, 15) is 13.2 Å². The second-order valence-corrected chi connectivity index (χ2v) is 5.07. The maximum atomic E-state index is 12.8. The predicted octanol–water partition coefficient (Wildman–Crippen LogP) is 1.85. The smallest absolute Gasteiger partial charge is 0.378 e. The van der Waals surface area contributed by atoms with Crippen LogP contribution in [0.1, 0.15) is 31.0 Å². The van der Waals surface area contributed by atoms with Gasteiger partial charge in [0.1, 0.15) is 18.1 Å². The number of halogens is 3. The summed E-state index contributed by atoms with van der Waals surface area (Å²) in [6, 6.07) is 2.50. The molecular formula is C14H21F3N3O+. The highest BCUT2D eigenvalue weighted by atomic mass is 19.4. The lowest BCUT2D eigenvalue weighted by atomic mass is 10.1. The third-order valence-corrected chi connectivity index (χ3v) is 3.66. The van der Waals surface area contributed by atoms with E-state index in [0.29, 0.717) is 32.1 Å². The quantitative estimate of drug-likeness (QED) is 0.923. The largest absolute Gasteiger partial charge is 0.433 e. The third kappa shape index (κ3) is 3.85. The molecule has 0 radical (unpaired) electrons. The molecule has 1 aromatic rings. The minimum Gasteiger partial charge on any atom is -0.378 e. The van der Waals surface area contributed by atoms with E-state index < -0.39 is 11.9 Å². The fourth-order valence-corrected chi connectivity index (χ4v) is 2.57. The summed E-state index contributed by atoms with van der Waals surface area (Å²) in [7, 11) is 0. The van der Waals surface area contributed by atoms with Gasteiger partial charge in [0.15, 0.2) is 0 Å². The molecule has 1 aliphatic rings. The number of quaternary nitrogens is 1. The number of hydrogen-bond acceptors (Lipinski definition) is 3. The van der Waals surface area contributed by atoms with Gasteiger partial charge < -0.3 is 15.4 Å². The van der Waals surface area contributed by atoms with Crippen molar-refractivity contribution in [1.82, 2.24) is 4.98 Å². The van der Waals surface area contributed by atoms with E-state index >= 15 is 0 Å². The van der Waals surface area contributed by atoms with Crippen molar-refractivity contribution in [2.24, 2.45) is 0 Å². The first-order valence-electron chi connectivity index (χ1n) is 7.18. The van der Waals surface area contributed by atoms with Crippen LogP contribution in [0.2, 0.25) is 0 Å². The lowest BCUT2D eigenvalue weighted by Gasteiger charge is -2.33. The minimum atomic E-state index is -4.42. The van der Waals surface area contributed by atoms with Crippen molar-refractivity contribution in [2.75, 3.05) is 24.6 Å². The second-order valence-electron chi connectivity index (χ2n) is 5.07. The number of hydrogen-bond donors (Lipinski definition) is 1. The third-order valence-electron chi connectivity index (χ3n) is 3.66. The van der Waals surface area contributed by atoms with E-state index in [1.807, 2.05) is 11.8 Å². The zero-order chi connectivity index (χ0) is 15.5. The summed E-state index contributed by atoms with van der Waals surface area (Å²) in [5, 5.41) is 0. The summed E-state index contributed by atoms with van der Waals surface area (Å²) in [5.41, 5.74) is 3.68. The van der Waals surface area contributed by atoms with Crippen LogP contribution >= 0.6 is 0 Å². The van der Waals surface area contributed by atoms with Crippen LogP contribution < -0.4 is 10.6 Å². The number of ether oxygens (including phenoxy) is 1. The van der Waals surface area contributed by atoms with E-state index in [0.717, 1.165) is 24.5 Å². The highest BCUT2D eigenvalue weighted by Gasteiger charge is 2.34. The summed E-state index contributed by atoms with van der Waals surface area (Å²) in [6.45, 7) is 4.35. The van der Waals surface area contributed by atoms with Crippen molar-refractivity contribution < 1.29 is 23.6 Å². The van der Waals surface area contributed by atoms with Crippen LogP contribution in [-0.2, 0) is 17.5 Å². The van der Waals surface area contributed by atoms with Gasteiger partial charge in [0.25, 0.3) is 0 Å². The number of alkyl halides is 3. The second kappa shape index (κ2) is 6.62. The SMILES string of the molecule is CCOC1CCN(c2nc(C(F)(F)F)ccc2C[NH3+])CC1. The normalized spacial score (nSPS) is 17.3. The highest BCUT2D eigenvalue weighted by Crippen LogP contribution is 2.31. The summed E-state index contributed by atoms with van der Waals surface area (Å²) in [4.78, 5) is 5.74. The molecule has 0 aromatic carbocycles. The first-order chi connectivity index (χ1) is 9.95. The summed E-state index contributed by atoms with van der Waals surface area (Å²) >= 11 is 0. The van der Waals surface area contributed by atoms with Gasteiger partial charge >= 0.3 is 6.18 Å². The van der Waals surface area contributed by atoms with E-state index in [1.165, 1.54) is 6.07 Å². The van der Waals surface area contributed by atoms with Crippen LogP contribution in [0.15, 0.2) is 12.1 Å². The Balaban J connectivity index is 2.18. The van der Waals surface area contributed by atoms with Crippen LogP contribution in [-0.4, -0.2) is 30.8 Å². The highest BCUT2D eigenvalue weighted by molar-refractivity contribution is 5.48. The molecule has 1 fully saturated rings. The minimum absolute atomic E-state index is 0.195. The Labute approximate surface area is 122 Å². The van der Waals surface area contributed by atoms with Gasteiger partial charge in [0.2, 0.25) is 0 Å². The van der Waals surface area contributed by atoms with E-state index in [1.54, 1.807) is 0 Å². The molecule has 21 heavy (non-hydrogen) atoms. The molecule has 2 heterocycles. The standard InChI is InChI=1S/C14H20F3N3O/c1-2-21-11-5-7-20(8-6-11)13-10(9-18)3-4-12(19-13)14(15,16)17/h3-4,11H,2,5-9,18H2,1H3/p+1. The van der Waals surface area contributed by atoms with E-state index in [-0.39, 0.29) is 6.10 Å². The molecule has 2 rings (SSSR count). The lowest BCUT2D eigenvalue weighted by molar-refractivity contribution is -0.386. The molecule has 1 aromatic heterocycles. The van der Waals surface area contributed by atoms with Gasteiger partial charge in [-0.05, 0) is 31.9 Å². The number of nitrogens with zero attached hydrogens (tertiary/aromatic N) is 2. The summed E-state index contributed by atoms with van der Waals surface area (Å²) in [6.07, 6.45) is -2.61.